The zero-order valence-electron chi connectivity index (χ0n) is 6.76. The van der Waals surface area contributed by atoms with Gasteiger partial charge in [-0.25, -0.2) is 14.7 Å². The average molecular weight is 189 g/mol. The lowest BCUT2D eigenvalue weighted by Crippen LogP contribution is -2.04. The van der Waals surface area contributed by atoms with E-state index < -0.39 is 11.6 Å². The van der Waals surface area contributed by atoms with Crippen molar-refractivity contribution in [3.8, 4) is 5.75 Å². The fraction of sp³-hybridized carbons (Fsp3) is 0.250. The zero-order valence-corrected chi connectivity index (χ0v) is 6.76. The summed E-state index contributed by atoms with van der Waals surface area (Å²) in [6.45, 7) is 0.138. The van der Waals surface area contributed by atoms with Crippen molar-refractivity contribution < 1.29 is 18.7 Å². The first-order chi connectivity index (χ1) is 6.15. The molecule has 0 atom stereocenters. The molecule has 72 valence electrons. The maximum Gasteiger partial charge on any atom is 0.162 e. The molecule has 1 aromatic rings. The van der Waals surface area contributed by atoms with Gasteiger partial charge in [-0.05, 0) is 11.6 Å². The number of benzene rings is 1. The molecule has 5 heteroatoms. The summed E-state index contributed by atoms with van der Waals surface area (Å²) in [5, 5.41) is 9.14. The molecule has 0 spiro atoms. The number of aromatic hydroxyl groups is 1. The van der Waals surface area contributed by atoms with Crippen LogP contribution in [0.5, 0.6) is 5.75 Å². The van der Waals surface area contributed by atoms with Crippen molar-refractivity contribution in [2.45, 2.75) is 6.42 Å². The Bertz CT molecular complexity index is 304. The molecule has 0 unspecified atom stereocenters. The molecule has 0 heterocycles. The predicted molar refractivity (Wildman–Crippen MR) is 41.9 cm³/mol. The normalized spacial score (nSPS) is 10.4. The largest absolute Gasteiger partial charge is 0.508 e. The molecule has 13 heavy (non-hydrogen) atoms. The zero-order chi connectivity index (χ0) is 9.84. The van der Waals surface area contributed by atoms with Crippen LogP contribution in [0.1, 0.15) is 5.56 Å². The average Bonchev–Trinajstić information content (AvgIpc) is 2.09. The lowest BCUT2D eigenvalue weighted by molar-refractivity contribution is 0.140. The standard InChI is InChI=1S/C8H9F2NO2/c9-6-3-5(1-2-13-11)8(12)4-7(6)10/h3-4,12H,1-2,11H2. The highest BCUT2D eigenvalue weighted by Gasteiger charge is 2.08. The minimum Gasteiger partial charge on any atom is -0.508 e. The second-order valence-corrected chi connectivity index (χ2v) is 2.52. The number of rotatable bonds is 3. The summed E-state index contributed by atoms with van der Waals surface area (Å²) in [4.78, 5) is 4.24. The molecule has 0 aliphatic rings. The molecule has 0 aromatic heterocycles. The molecule has 0 bridgehead atoms. The van der Waals surface area contributed by atoms with Crippen LogP contribution in [0, 0.1) is 11.6 Å². The van der Waals surface area contributed by atoms with Crippen LogP contribution >= 0.6 is 0 Å². The summed E-state index contributed by atoms with van der Waals surface area (Å²) in [5.74, 6) is 2.38. The number of phenolic OH excluding ortho intramolecular Hbond substituents is 1. The summed E-state index contributed by atoms with van der Waals surface area (Å²) >= 11 is 0. The SMILES string of the molecule is NOCCc1cc(F)c(F)cc1O. The first-order valence-corrected chi connectivity index (χ1v) is 3.63. The molecule has 0 saturated heterocycles. The van der Waals surface area contributed by atoms with Gasteiger partial charge in [0.1, 0.15) is 5.75 Å². The van der Waals surface area contributed by atoms with Crippen LogP contribution in [0.4, 0.5) is 8.78 Å². The Morgan fingerprint density at radius 3 is 2.54 bits per heavy atom. The number of hydrogen-bond donors (Lipinski definition) is 2. The van der Waals surface area contributed by atoms with E-state index in [0.29, 0.717) is 0 Å². The molecular weight excluding hydrogens is 180 g/mol. The molecule has 0 radical (unpaired) electrons. The van der Waals surface area contributed by atoms with Gasteiger partial charge in [-0.15, -0.1) is 0 Å². The molecule has 0 fully saturated rings. The van der Waals surface area contributed by atoms with E-state index >= 15 is 0 Å². The van der Waals surface area contributed by atoms with Gasteiger partial charge >= 0.3 is 0 Å². The van der Waals surface area contributed by atoms with Crippen LogP contribution in [-0.2, 0) is 11.3 Å². The van der Waals surface area contributed by atoms with Crippen molar-refractivity contribution in [2.24, 2.45) is 5.90 Å². The molecule has 1 rings (SSSR count). The smallest absolute Gasteiger partial charge is 0.162 e. The molecular formula is C8H9F2NO2. The molecule has 0 aliphatic carbocycles. The molecule has 1 aromatic carbocycles. The molecule has 0 aliphatic heterocycles. The van der Waals surface area contributed by atoms with Crippen molar-refractivity contribution in [1.82, 2.24) is 0 Å². The number of hydrogen-bond acceptors (Lipinski definition) is 3. The summed E-state index contributed by atoms with van der Waals surface area (Å²) in [6.07, 6.45) is 0.236. The Morgan fingerprint density at radius 2 is 1.92 bits per heavy atom. The number of nitrogens with two attached hydrogens (primary N) is 1. The van der Waals surface area contributed by atoms with Crippen molar-refractivity contribution in [2.75, 3.05) is 6.61 Å². The summed E-state index contributed by atoms with van der Waals surface area (Å²) in [6, 6.07) is 1.64. The summed E-state index contributed by atoms with van der Waals surface area (Å²) in [7, 11) is 0. The number of halogens is 2. The van der Waals surface area contributed by atoms with Crippen molar-refractivity contribution >= 4 is 0 Å². The predicted octanol–water partition coefficient (Wildman–Crippen LogP) is 1.10. The third kappa shape index (κ3) is 2.37. The van der Waals surface area contributed by atoms with Crippen LogP contribution in [-0.4, -0.2) is 11.7 Å². The highest BCUT2D eigenvalue weighted by molar-refractivity contribution is 5.33. The topological polar surface area (TPSA) is 55.5 Å². The highest BCUT2D eigenvalue weighted by Crippen LogP contribution is 2.21. The van der Waals surface area contributed by atoms with E-state index in [1.807, 2.05) is 0 Å². The minimum atomic E-state index is -1.07. The Kier molecular flexibility index (Phi) is 3.16. The van der Waals surface area contributed by atoms with Crippen molar-refractivity contribution in [1.29, 1.82) is 0 Å². The van der Waals surface area contributed by atoms with E-state index in [9.17, 15) is 8.78 Å². The van der Waals surface area contributed by atoms with Crippen molar-refractivity contribution in [3.05, 3.63) is 29.3 Å². The Hall–Kier alpha value is -1.20. The maximum atomic E-state index is 12.6. The van der Waals surface area contributed by atoms with Crippen LogP contribution in [0.15, 0.2) is 12.1 Å². The fourth-order valence-corrected chi connectivity index (χ4v) is 0.947. The highest BCUT2D eigenvalue weighted by atomic mass is 19.2. The minimum absolute atomic E-state index is 0.138. The number of phenols is 1. The van der Waals surface area contributed by atoms with Gasteiger partial charge in [0.25, 0.3) is 0 Å². The van der Waals surface area contributed by atoms with E-state index in [2.05, 4.69) is 4.84 Å². The maximum absolute atomic E-state index is 12.6. The first-order valence-electron chi connectivity index (χ1n) is 3.63. The van der Waals surface area contributed by atoms with E-state index in [-0.39, 0.29) is 24.3 Å². The molecule has 3 nitrogen and oxygen atoms in total. The van der Waals surface area contributed by atoms with Gasteiger partial charge in [0, 0.05) is 12.5 Å². The summed E-state index contributed by atoms with van der Waals surface area (Å²) in [5.41, 5.74) is 0.268. The second kappa shape index (κ2) is 4.15. The third-order valence-corrected chi connectivity index (χ3v) is 1.61. The van der Waals surface area contributed by atoms with Crippen molar-refractivity contribution in [3.63, 3.8) is 0 Å². The first kappa shape index (κ1) is 9.88. The van der Waals surface area contributed by atoms with Crippen LogP contribution < -0.4 is 5.90 Å². The fourth-order valence-electron chi connectivity index (χ4n) is 0.947. The van der Waals surface area contributed by atoms with Gasteiger partial charge in [-0.2, -0.15) is 0 Å². The van der Waals surface area contributed by atoms with Gasteiger partial charge in [-0.1, -0.05) is 0 Å². The van der Waals surface area contributed by atoms with Crippen LogP contribution in [0.25, 0.3) is 0 Å². The van der Waals surface area contributed by atoms with E-state index in [4.69, 9.17) is 11.0 Å². The Labute approximate surface area is 73.7 Å². The summed E-state index contributed by atoms with van der Waals surface area (Å²) < 4.78 is 25.1. The lowest BCUT2D eigenvalue weighted by Gasteiger charge is -2.03. The Morgan fingerprint density at radius 1 is 1.31 bits per heavy atom. The van der Waals surface area contributed by atoms with Crippen LogP contribution in [0.3, 0.4) is 0 Å². The van der Waals surface area contributed by atoms with E-state index in [1.165, 1.54) is 0 Å². The van der Waals surface area contributed by atoms with E-state index in [1.54, 1.807) is 0 Å². The quantitative estimate of drug-likeness (QED) is 0.700. The molecule has 0 amide bonds. The van der Waals surface area contributed by atoms with Gasteiger partial charge < -0.3 is 9.94 Å². The van der Waals surface area contributed by atoms with Gasteiger partial charge in [-0.3, -0.25) is 0 Å². The Balaban J connectivity index is 2.88. The monoisotopic (exact) mass is 189 g/mol. The second-order valence-electron chi connectivity index (χ2n) is 2.52. The van der Waals surface area contributed by atoms with Gasteiger partial charge in [0.05, 0.1) is 6.61 Å². The lowest BCUT2D eigenvalue weighted by atomic mass is 10.1. The van der Waals surface area contributed by atoms with Gasteiger partial charge in [0.2, 0.25) is 0 Å². The van der Waals surface area contributed by atoms with Gasteiger partial charge in [0.15, 0.2) is 11.6 Å². The molecule has 0 saturated carbocycles. The van der Waals surface area contributed by atoms with E-state index in [0.717, 1.165) is 12.1 Å². The molecule has 3 N–H and O–H groups in total. The third-order valence-electron chi connectivity index (χ3n) is 1.61. The van der Waals surface area contributed by atoms with Crippen LogP contribution in [0.2, 0.25) is 0 Å².